The Hall–Kier alpha value is -4.19. The van der Waals surface area contributed by atoms with Crippen LogP contribution >= 0.6 is 0 Å². The topological polar surface area (TPSA) is 78.9 Å². The van der Waals surface area contributed by atoms with Crippen molar-refractivity contribution in [1.29, 1.82) is 0 Å². The third-order valence-corrected chi connectivity index (χ3v) is 10.7. The molecule has 1 atom stereocenters. The average molecular weight is 913 g/mol. The molecule has 1 unspecified atom stereocenters. The molecule has 66 heavy (non-hydrogen) atoms. The molecule has 6 heteroatoms. The number of allylic oxidation sites excluding steroid dienone is 20. The number of hydrogen-bond donors (Lipinski definition) is 0. The fraction of sp³-hybridized carbons (Fsp3) is 0.617. The number of esters is 3. The first-order valence-corrected chi connectivity index (χ1v) is 26.6. The zero-order valence-electron chi connectivity index (χ0n) is 42.4. The predicted molar refractivity (Wildman–Crippen MR) is 283 cm³/mol. The Morgan fingerprint density at radius 3 is 1.11 bits per heavy atom. The third-order valence-electron chi connectivity index (χ3n) is 10.7. The Morgan fingerprint density at radius 2 is 0.667 bits per heavy atom. The molecule has 0 spiro atoms. The Morgan fingerprint density at radius 1 is 0.333 bits per heavy atom. The lowest BCUT2D eigenvalue weighted by atomic mass is 10.1. The van der Waals surface area contributed by atoms with Crippen LogP contribution in [0.25, 0.3) is 0 Å². The molecule has 0 amide bonds. The Kier molecular flexibility index (Phi) is 50.0. The van der Waals surface area contributed by atoms with E-state index < -0.39 is 6.10 Å². The average Bonchev–Trinajstić information content (AvgIpc) is 3.31. The Bertz CT molecular complexity index is 1420. The summed E-state index contributed by atoms with van der Waals surface area (Å²) in [7, 11) is 0. The molecule has 0 aliphatic rings. The summed E-state index contributed by atoms with van der Waals surface area (Å²) >= 11 is 0. The monoisotopic (exact) mass is 913 g/mol. The number of hydrogen-bond acceptors (Lipinski definition) is 6. The van der Waals surface area contributed by atoms with Crippen molar-refractivity contribution in [3.8, 4) is 0 Å². The lowest BCUT2D eigenvalue weighted by molar-refractivity contribution is -0.166. The predicted octanol–water partition coefficient (Wildman–Crippen LogP) is 17.7. The largest absolute Gasteiger partial charge is 0.462 e. The van der Waals surface area contributed by atoms with Crippen LogP contribution in [0.15, 0.2) is 122 Å². The minimum atomic E-state index is -0.821. The molecule has 372 valence electrons. The molecule has 0 saturated carbocycles. The number of carbonyl (C=O) groups is 3. The van der Waals surface area contributed by atoms with Crippen molar-refractivity contribution in [1.82, 2.24) is 0 Å². The van der Waals surface area contributed by atoms with E-state index in [2.05, 4.69) is 130 Å². The fourth-order valence-electron chi connectivity index (χ4n) is 6.79. The van der Waals surface area contributed by atoms with Crippen LogP contribution in [0.5, 0.6) is 0 Å². The number of ether oxygens (including phenoxy) is 3. The lowest BCUT2D eigenvalue weighted by Crippen LogP contribution is -2.30. The van der Waals surface area contributed by atoms with Crippen LogP contribution in [0.1, 0.15) is 220 Å². The van der Waals surface area contributed by atoms with Gasteiger partial charge in [-0.25, -0.2) is 0 Å². The standard InChI is InChI=1S/C60H96O6/c1-4-7-10-13-16-19-22-25-28-29-30-31-33-35-38-41-44-47-50-53-59(62)65-56-57(55-64-58(61)52-49-46-43-40-37-34-27-24-21-18-15-12-9-6-3)66-60(63)54-51-48-45-42-39-36-32-26-23-20-17-14-11-8-5-2/h7,9-10,12,16-21,23,25-26,28,30-31,35,38,44,47,57H,4-6,8,11,13-15,22,24,27,29,32-34,36-37,39-43,45-46,48-56H2,1-3H3/b10-7-,12-9-,19-16-,20-17-,21-18-,26-23-,28-25-,31-30-,38-35-,47-44-. The van der Waals surface area contributed by atoms with Gasteiger partial charge in [0.15, 0.2) is 6.10 Å². The molecule has 0 radical (unpaired) electrons. The van der Waals surface area contributed by atoms with Gasteiger partial charge in [-0.1, -0.05) is 213 Å². The number of carbonyl (C=O) groups excluding carboxylic acids is 3. The van der Waals surface area contributed by atoms with Crippen LogP contribution in [-0.4, -0.2) is 37.2 Å². The minimum absolute atomic E-state index is 0.114. The minimum Gasteiger partial charge on any atom is -0.462 e. The van der Waals surface area contributed by atoms with Crippen LogP contribution in [0.4, 0.5) is 0 Å². The first kappa shape index (κ1) is 61.8. The molecule has 0 aromatic carbocycles. The van der Waals surface area contributed by atoms with Crippen LogP contribution in [0, 0.1) is 0 Å². The van der Waals surface area contributed by atoms with Crippen molar-refractivity contribution < 1.29 is 28.6 Å². The summed E-state index contributed by atoms with van der Waals surface area (Å²) in [6.45, 7) is 6.29. The van der Waals surface area contributed by atoms with Gasteiger partial charge in [0.05, 0.1) is 0 Å². The zero-order chi connectivity index (χ0) is 47.9. The van der Waals surface area contributed by atoms with Crippen molar-refractivity contribution in [2.24, 2.45) is 0 Å². The van der Waals surface area contributed by atoms with Gasteiger partial charge in [-0.05, 0) is 109 Å². The molecule has 0 aromatic rings. The van der Waals surface area contributed by atoms with E-state index in [1.807, 2.05) is 12.2 Å². The van der Waals surface area contributed by atoms with Gasteiger partial charge in [-0.15, -0.1) is 0 Å². The van der Waals surface area contributed by atoms with Crippen LogP contribution < -0.4 is 0 Å². The second-order valence-corrected chi connectivity index (χ2v) is 17.0. The second kappa shape index (κ2) is 53.4. The summed E-state index contributed by atoms with van der Waals surface area (Å²) in [6, 6.07) is 0. The molecule has 0 fully saturated rings. The Labute approximate surface area is 405 Å². The molecule has 0 aliphatic heterocycles. The van der Waals surface area contributed by atoms with E-state index in [0.717, 1.165) is 116 Å². The van der Waals surface area contributed by atoms with Crippen LogP contribution in [-0.2, 0) is 28.6 Å². The zero-order valence-corrected chi connectivity index (χ0v) is 42.4. The van der Waals surface area contributed by atoms with E-state index in [9.17, 15) is 14.4 Å². The highest BCUT2D eigenvalue weighted by molar-refractivity contribution is 5.71. The maximum Gasteiger partial charge on any atom is 0.306 e. The van der Waals surface area contributed by atoms with E-state index >= 15 is 0 Å². The first-order valence-electron chi connectivity index (χ1n) is 26.6. The molecule has 6 nitrogen and oxygen atoms in total. The lowest BCUT2D eigenvalue weighted by Gasteiger charge is -2.18. The second-order valence-electron chi connectivity index (χ2n) is 17.0. The van der Waals surface area contributed by atoms with Gasteiger partial charge in [0.2, 0.25) is 0 Å². The SMILES string of the molecule is CC/C=C\C/C=C\C/C=C\C/C=C\C/C=C\C/C=C\CCC(=O)OCC(COC(=O)CCCCCCCCC/C=C\C/C=C\CC)OC(=O)CCCCCCCC/C=C\C=C/CCCCC. The van der Waals surface area contributed by atoms with Crippen molar-refractivity contribution in [3.05, 3.63) is 122 Å². The van der Waals surface area contributed by atoms with E-state index in [-0.39, 0.29) is 37.5 Å². The summed E-state index contributed by atoms with van der Waals surface area (Å²) in [5, 5.41) is 0. The highest BCUT2D eigenvalue weighted by atomic mass is 16.6. The molecular formula is C60H96O6. The molecular weight excluding hydrogens is 817 g/mol. The molecule has 0 aliphatic carbocycles. The van der Waals surface area contributed by atoms with Crippen molar-refractivity contribution in [3.63, 3.8) is 0 Å². The van der Waals surface area contributed by atoms with Gasteiger partial charge in [0.1, 0.15) is 13.2 Å². The highest BCUT2D eigenvalue weighted by Gasteiger charge is 2.19. The van der Waals surface area contributed by atoms with E-state index in [4.69, 9.17) is 14.2 Å². The van der Waals surface area contributed by atoms with Crippen LogP contribution in [0.3, 0.4) is 0 Å². The molecule has 0 N–H and O–H groups in total. The van der Waals surface area contributed by atoms with Gasteiger partial charge in [0.25, 0.3) is 0 Å². The van der Waals surface area contributed by atoms with Crippen molar-refractivity contribution in [2.75, 3.05) is 13.2 Å². The van der Waals surface area contributed by atoms with E-state index in [0.29, 0.717) is 19.3 Å². The molecule has 0 heterocycles. The first-order chi connectivity index (χ1) is 32.5. The van der Waals surface area contributed by atoms with E-state index in [1.54, 1.807) is 0 Å². The third kappa shape index (κ3) is 50.8. The van der Waals surface area contributed by atoms with Crippen molar-refractivity contribution >= 4 is 17.9 Å². The Balaban J connectivity index is 4.55. The van der Waals surface area contributed by atoms with E-state index in [1.165, 1.54) is 57.8 Å². The summed E-state index contributed by atoms with van der Waals surface area (Å²) in [5.74, 6) is -1.03. The quantitative estimate of drug-likeness (QED) is 0.0199. The van der Waals surface area contributed by atoms with Crippen molar-refractivity contribution in [2.45, 2.75) is 226 Å². The maximum atomic E-state index is 12.8. The molecule has 0 rings (SSSR count). The van der Waals surface area contributed by atoms with Gasteiger partial charge in [-0.3, -0.25) is 14.4 Å². The molecule has 0 aromatic heterocycles. The molecule has 0 bridgehead atoms. The fourth-order valence-corrected chi connectivity index (χ4v) is 6.79. The maximum absolute atomic E-state index is 12.8. The summed E-state index contributed by atoms with van der Waals surface area (Å²) in [5.41, 5.74) is 0. The highest BCUT2D eigenvalue weighted by Crippen LogP contribution is 2.13. The summed E-state index contributed by atoms with van der Waals surface area (Å²) in [4.78, 5) is 38.0. The summed E-state index contributed by atoms with van der Waals surface area (Å²) in [6.07, 6.45) is 73.3. The summed E-state index contributed by atoms with van der Waals surface area (Å²) < 4.78 is 16.7. The number of rotatable bonds is 46. The van der Waals surface area contributed by atoms with Crippen LogP contribution in [0.2, 0.25) is 0 Å². The number of unbranched alkanes of at least 4 members (excludes halogenated alkanes) is 16. The van der Waals surface area contributed by atoms with Gasteiger partial charge in [0, 0.05) is 19.3 Å². The normalized spacial score (nSPS) is 13.1. The smallest absolute Gasteiger partial charge is 0.306 e. The van der Waals surface area contributed by atoms with Gasteiger partial charge < -0.3 is 14.2 Å². The molecule has 0 saturated heterocycles. The van der Waals surface area contributed by atoms with Gasteiger partial charge >= 0.3 is 17.9 Å². The van der Waals surface area contributed by atoms with Gasteiger partial charge in [-0.2, -0.15) is 0 Å².